The van der Waals surface area contributed by atoms with E-state index in [9.17, 15) is 4.39 Å². The standard InChI is InChI=1S/C20H19N3.CH3F/c1-20(2,3)15-10-7-11-16-17(15)19-21-12-13-23(19)18(22-16)14-8-5-4-6-9-14;1-2/h4-13H,1-3H3;1H3. The fraction of sp³-hybridized carbons (Fsp3) is 0.238. The van der Waals surface area contributed by atoms with E-state index in [1.54, 1.807) is 0 Å². The number of imidazole rings is 1. The first kappa shape index (κ1) is 17.1. The molecule has 2 aromatic carbocycles. The van der Waals surface area contributed by atoms with Crippen LogP contribution in [-0.2, 0) is 5.41 Å². The van der Waals surface area contributed by atoms with E-state index in [0.29, 0.717) is 7.18 Å². The van der Waals surface area contributed by atoms with E-state index < -0.39 is 0 Å². The topological polar surface area (TPSA) is 30.2 Å². The molecular formula is C21H22FN3. The van der Waals surface area contributed by atoms with Gasteiger partial charge in [0.15, 0.2) is 0 Å². The van der Waals surface area contributed by atoms with Crippen LogP contribution in [0.4, 0.5) is 4.39 Å². The molecule has 0 bridgehead atoms. The average Bonchev–Trinajstić information content (AvgIpc) is 3.12. The summed E-state index contributed by atoms with van der Waals surface area (Å²) in [4.78, 5) is 9.57. The number of alkyl halides is 1. The van der Waals surface area contributed by atoms with Crippen LogP contribution >= 0.6 is 0 Å². The van der Waals surface area contributed by atoms with Gasteiger partial charge < -0.3 is 0 Å². The van der Waals surface area contributed by atoms with Crippen molar-refractivity contribution in [2.45, 2.75) is 26.2 Å². The predicted molar refractivity (Wildman–Crippen MR) is 102 cm³/mol. The van der Waals surface area contributed by atoms with Gasteiger partial charge in [0.25, 0.3) is 0 Å². The number of halogens is 1. The smallest absolute Gasteiger partial charge is 0.148 e. The van der Waals surface area contributed by atoms with Gasteiger partial charge in [-0.25, -0.2) is 9.97 Å². The second-order valence-corrected chi connectivity index (χ2v) is 6.87. The summed E-state index contributed by atoms with van der Waals surface area (Å²) < 4.78 is 11.6. The molecule has 4 heteroatoms. The summed E-state index contributed by atoms with van der Waals surface area (Å²) in [6.45, 7) is 6.69. The monoisotopic (exact) mass is 335 g/mol. The highest BCUT2D eigenvalue weighted by Crippen LogP contribution is 2.33. The predicted octanol–water partition coefficient (Wildman–Crippen LogP) is 5.43. The Labute approximate surface area is 147 Å². The highest BCUT2D eigenvalue weighted by Gasteiger charge is 2.20. The number of fused-ring (bicyclic) bond motifs is 3. The summed E-state index contributed by atoms with van der Waals surface area (Å²) >= 11 is 0. The van der Waals surface area contributed by atoms with Crippen LogP contribution in [0.1, 0.15) is 26.3 Å². The average molecular weight is 335 g/mol. The lowest BCUT2D eigenvalue weighted by atomic mass is 9.84. The van der Waals surface area contributed by atoms with Gasteiger partial charge in [-0.1, -0.05) is 63.2 Å². The molecule has 0 atom stereocenters. The molecule has 0 aliphatic carbocycles. The number of nitrogens with zero attached hydrogens (tertiary/aromatic N) is 3. The van der Waals surface area contributed by atoms with E-state index >= 15 is 0 Å². The molecule has 0 saturated heterocycles. The molecule has 0 radical (unpaired) electrons. The van der Waals surface area contributed by atoms with Crippen LogP contribution in [-0.4, -0.2) is 21.5 Å². The van der Waals surface area contributed by atoms with Crippen molar-refractivity contribution in [3.8, 4) is 11.4 Å². The maximum atomic E-state index is 9.50. The van der Waals surface area contributed by atoms with Crippen LogP contribution < -0.4 is 0 Å². The molecule has 25 heavy (non-hydrogen) atoms. The highest BCUT2D eigenvalue weighted by atomic mass is 19.1. The first-order valence-corrected chi connectivity index (χ1v) is 8.25. The van der Waals surface area contributed by atoms with Gasteiger partial charge in [-0.05, 0) is 17.0 Å². The third-order valence-corrected chi connectivity index (χ3v) is 4.20. The van der Waals surface area contributed by atoms with Crippen molar-refractivity contribution in [2.75, 3.05) is 7.18 Å². The summed E-state index contributed by atoms with van der Waals surface area (Å²) in [5, 5.41) is 1.14. The normalized spacial score (nSPS) is 11.4. The minimum Gasteiger partial charge on any atom is -0.283 e. The molecule has 2 aromatic heterocycles. The summed E-state index contributed by atoms with van der Waals surface area (Å²) in [6.07, 6.45) is 3.84. The van der Waals surface area contributed by atoms with Crippen molar-refractivity contribution in [3.63, 3.8) is 0 Å². The maximum Gasteiger partial charge on any atom is 0.148 e. The molecule has 0 spiro atoms. The van der Waals surface area contributed by atoms with E-state index in [2.05, 4.69) is 60.5 Å². The molecule has 4 aromatic rings. The minimum absolute atomic E-state index is 0.0435. The van der Waals surface area contributed by atoms with Gasteiger partial charge in [-0.2, -0.15) is 0 Å². The van der Waals surface area contributed by atoms with Crippen molar-refractivity contribution < 1.29 is 4.39 Å². The summed E-state index contributed by atoms with van der Waals surface area (Å²) in [7, 11) is 0.500. The molecule has 0 saturated carbocycles. The molecule has 3 nitrogen and oxygen atoms in total. The van der Waals surface area contributed by atoms with Crippen LogP contribution in [0.5, 0.6) is 0 Å². The van der Waals surface area contributed by atoms with Gasteiger partial charge in [-0.15, -0.1) is 0 Å². The van der Waals surface area contributed by atoms with Gasteiger partial charge in [0.2, 0.25) is 0 Å². The quantitative estimate of drug-likeness (QED) is 0.464. The Morgan fingerprint density at radius 3 is 2.32 bits per heavy atom. The van der Waals surface area contributed by atoms with Gasteiger partial charge >= 0.3 is 0 Å². The second-order valence-electron chi connectivity index (χ2n) is 6.87. The van der Waals surface area contributed by atoms with Gasteiger partial charge in [0, 0.05) is 23.3 Å². The van der Waals surface area contributed by atoms with Crippen molar-refractivity contribution in [2.24, 2.45) is 0 Å². The molecule has 128 valence electrons. The molecule has 0 unspecified atom stereocenters. The first-order valence-electron chi connectivity index (χ1n) is 8.25. The van der Waals surface area contributed by atoms with Crippen LogP contribution in [0.25, 0.3) is 27.9 Å². The van der Waals surface area contributed by atoms with E-state index in [1.807, 2.05) is 30.6 Å². The Hall–Kier alpha value is -2.75. The highest BCUT2D eigenvalue weighted by molar-refractivity contribution is 5.96. The number of hydrogen-bond donors (Lipinski definition) is 0. The summed E-state index contributed by atoms with van der Waals surface area (Å²) in [5.74, 6) is 0.927. The largest absolute Gasteiger partial charge is 0.283 e. The summed E-state index contributed by atoms with van der Waals surface area (Å²) in [5.41, 5.74) is 4.38. The third kappa shape index (κ3) is 3.00. The lowest BCUT2D eigenvalue weighted by Gasteiger charge is -2.21. The zero-order valence-electron chi connectivity index (χ0n) is 15.0. The van der Waals surface area contributed by atoms with Crippen LogP contribution in [0, 0.1) is 0 Å². The van der Waals surface area contributed by atoms with E-state index in [1.165, 1.54) is 5.56 Å². The fourth-order valence-electron chi connectivity index (χ4n) is 3.11. The lowest BCUT2D eigenvalue weighted by molar-refractivity contribution is 0.596. The summed E-state index contributed by atoms with van der Waals surface area (Å²) in [6, 6.07) is 16.6. The number of hydrogen-bond acceptors (Lipinski definition) is 2. The van der Waals surface area contributed by atoms with Gasteiger partial charge in [0.1, 0.15) is 11.5 Å². The van der Waals surface area contributed by atoms with E-state index in [-0.39, 0.29) is 5.41 Å². The zero-order valence-corrected chi connectivity index (χ0v) is 15.0. The second kappa shape index (κ2) is 6.63. The Balaban J connectivity index is 0.000000880. The zero-order chi connectivity index (χ0) is 18.0. The van der Waals surface area contributed by atoms with Crippen LogP contribution in [0.3, 0.4) is 0 Å². The molecule has 4 rings (SSSR count). The number of benzene rings is 2. The molecular weight excluding hydrogens is 313 g/mol. The number of rotatable bonds is 1. The SMILES string of the molecule is CC(C)(C)c1cccc2nc(-c3ccccc3)n3ccnc3c12.CF. The van der Waals surface area contributed by atoms with Crippen LogP contribution in [0.2, 0.25) is 0 Å². The lowest BCUT2D eigenvalue weighted by Crippen LogP contribution is -2.12. The van der Waals surface area contributed by atoms with E-state index in [0.717, 1.165) is 27.9 Å². The molecule has 2 heterocycles. The Bertz CT molecular complexity index is 998. The van der Waals surface area contributed by atoms with Gasteiger partial charge in [0.05, 0.1) is 12.7 Å². The van der Waals surface area contributed by atoms with Crippen molar-refractivity contribution in [3.05, 3.63) is 66.5 Å². The molecule has 0 N–H and O–H groups in total. The maximum absolute atomic E-state index is 9.50. The van der Waals surface area contributed by atoms with Crippen molar-refractivity contribution >= 4 is 16.6 Å². The molecule has 0 aliphatic heterocycles. The Kier molecular flexibility index (Phi) is 4.53. The minimum atomic E-state index is 0.0435. The Morgan fingerprint density at radius 1 is 0.920 bits per heavy atom. The number of aromatic nitrogens is 3. The van der Waals surface area contributed by atoms with E-state index in [4.69, 9.17) is 4.98 Å². The third-order valence-electron chi connectivity index (χ3n) is 4.20. The molecule has 0 aliphatic rings. The van der Waals surface area contributed by atoms with Crippen molar-refractivity contribution in [1.82, 2.24) is 14.4 Å². The van der Waals surface area contributed by atoms with Crippen molar-refractivity contribution in [1.29, 1.82) is 0 Å². The molecule has 0 fully saturated rings. The van der Waals surface area contributed by atoms with Crippen LogP contribution in [0.15, 0.2) is 60.9 Å². The molecule has 0 amide bonds. The first-order chi connectivity index (χ1) is 12.1. The van der Waals surface area contributed by atoms with Gasteiger partial charge in [-0.3, -0.25) is 8.79 Å². The fourth-order valence-corrected chi connectivity index (χ4v) is 3.11. The Morgan fingerprint density at radius 2 is 1.64 bits per heavy atom.